The first-order valence-electron chi connectivity index (χ1n) is 8.18. The van der Waals surface area contributed by atoms with E-state index < -0.39 is 0 Å². The van der Waals surface area contributed by atoms with E-state index in [-0.39, 0.29) is 12.1 Å². The Labute approximate surface area is 133 Å². The lowest BCUT2D eigenvalue weighted by atomic mass is 9.94. The molecule has 2 heterocycles. The fourth-order valence-electron chi connectivity index (χ4n) is 3.90. The second kappa shape index (κ2) is 6.66. The largest absolute Gasteiger partial charge is 0.326 e. The Balaban J connectivity index is 1.84. The lowest BCUT2D eigenvalue weighted by Gasteiger charge is -2.43. The summed E-state index contributed by atoms with van der Waals surface area (Å²) in [7, 11) is 0. The van der Waals surface area contributed by atoms with Crippen LogP contribution in [-0.4, -0.2) is 48.1 Å². The van der Waals surface area contributed by atoms with Crippen molar-refractivity contribution in [1.82, 2.24) is 9.80 Å². The highest BCUT2D eigenvalue weighted by Gasteiger charge is 2.36. The van der Waals surface area contributed by atoms with E-state index in [2.05, 4.69) is 28.9 Å². The second-order valence-electron chi connectivity index (χ2n) is 6.37. The minimum absolute atomic E-state index is 0.137. The van der Waals surface area contributed by atoms with E-state index in [1.54, 1.807) is 0 Å². The van der Waals surface area contributed by atoms with Gasteiger partial charge in [-0.25, -0.2) is 0 Å². The van der Waals surface area contributed by atoms with Gasteiger partial charge in [-0.1, -0.05) is 36.7 Å². The number of nitrogens with two attached hydrogens (primary N) is 1. The van der Waals surface area contributed by atoms with Gasteiger partial charge in [-0.2, -0.15) is 0 Å². The van der Waals surface area contributed by atoms with Crippen molar-refractivity contribution in [3.05, 3.63) is 34.9 Å². The predicted molar refractivity (Wildman–Crippen MR) is 88.6 cm³/mol. The summed E-state index contributed by atoms with van der Waals surface area (Å²) in [5, 5.41) is 0.847. The molecule has 1 aromatic carbocycles. The van der Waals surface area contributed by atoms with E-state index in [0.717, 1.165) is 24.5 Å². The van der Waals surface area contributed by atoms with Gasteiger partial charge in [-0.15, -0.1) is 0 Å². The van der Waals surface area contributed by atoms with Crippen molar-refractivity contribution in [3.8, 4) is 0 Å². The van der Waals surface area contributed by atoms with E-state index in [4.69, 9.17) is 17.3 Å². The van der Waals surface area contributed by atoms with Gasteiger partial charge in [0.15, 0.2) is 0 Å². The number of benzene rings is 1. The molecule has 2 aliphatic rings. The van der Waals surface area contributed by atoms with Crippen LogP contribution < -0.4 is 5.73 Å². The third-order valence-corrected chi connectivity index (χ3v) is 5.46. The molecule has 1 aromatic rings. The maximum absolute atomic E-state index is 6.47. The third kappa shape index (κ3) is 3.11. The van der Waals surface area contributed by atoms with Crippen LogP contribution in [0.25, 0.3) is 0 Å². The van der Waals surface area contributed by atoms with Gasteiger partial charge < -0.3 is 5.73 Å². The average molecular weight is 308 g/mol. The fraction of sp³-hybridized carbons (Fsp3) is 0.647. The molecule has 0 aromatic heterocycles. The zero-order chi connectivity index (χ0) is 14.8. The molecule has 3 rings (SSSR count). The Morgan fingerprint density at radius 1 is 1.29 bits per heavy atom. The van der Waals surface area contributed by atoms with Crippen LogP contribution >= 0.6 is 11.6 Å². The maximum atomic E-state index is 6.47. The maximum Gasteiger partial charge on any atom is 0.0515 e. The highest BCUT2D eigenvalue weighted by atomic mass is 35.5. The SMILES string of the molecule is CCC(N)C(c1ccccc1Cl)N1CCN2CCCC2C1. The van der Waals surface area contributed by atoms with Crippen LogP contribution in [0.4, 0.5) is 0 Å². The minimum Gasteiger partial charge on any atom is -0.326 e. The summed E-state index contributed by atoms with van der Waals surface area (Å²) in [5.41, 5.74) is 7.67. The first-order valence-corrected chi connectivity index (χ1v) is 8.56. The molecule has 2 fully saturated rings. The van der Waals surface area contributed by atoms with Gasteiger partial charge in [0.05, 0.1) is 6.04 Å². The smallest absolute Gasteiger partial charge is 0.0515 e. The van der Waals surface area contributed by atoms with E-state index in [1.165, 1.54) is 31.5 Å². The summed E-state index contributed by atoms with van der Waals surface area (Å²) in [4.78, 5) is 5.21. The average Bonchev–Trinajstić information content (AvgIpc) is 2.97. The van der Waals surface area contributed by atoms with Gasteiger partial charge in [0, 0.05) is 36.7 Å². The number of rotatable bonds is 4. The molecule has 0 radical (unpaired) electrons. The molecule has 2 aliphatic heterocycles. The summed E-state index contributed by atoms with van der Waals surface area (Å²) < 4.78 is 0. The summed E-state index contributed by atoms with van der Waals surface area (Å²) in [6.45, 7) is 6.83. The van der Waals surface area contributed by atoms with Gasteiger partial charge >= 0.3 is 0 Å². The molecule has 4 heteroatoms. The molecule has 3 unspecified atom stereocenters. The Morgan fingerprint density at radius 3 is 2.86 bits per heavy atom. The molecule has 0 spiro atoms. The fourth-order valence-corrected chi connectivity index (χ4v) is 4.15. The lowest BCUT2D eigenvalue weighted by Crippen LogP contribution is -2.54. The predicted octanol–water partition coefficient (Wildman–Crippen LogP) is 2.90. The normalized spacial score (nSPS) is 26.5. The summed E-state index contributed by atoms with van der Waals surface area (Å²) in [6, 6.07) is 9.29. The number of nitrogens with zero attached hydrogens (tertiary/aromatic N) is 2. The molecule has 0 amide bonds. The number of halogens is 1. The highest BCUT2D eigenvalue weighted by Crippen LogP contribution is 2.33. The Morgan fingerprint density at radius 2 is 2.10 bits per heavy atom. The van der Waals surface area contributed by atoms with Crippen molar-refractivity contribution in [3.63, 3.8) is 0 Å². The van der Waals surface area contributed by atoms with Crippen molar-refractivity contribution in [1.29, 1.82) is 0 Å². The standard InChI is InChI=1S/C17H26ClN3/c1-2-16(19)17(14-7-3-4-8-15(14)18)21-11-10-20-9-5-6-13(20)12-21/h3-4,7-8,13,16-17H,2,5-6,9-12,19H2,1H3. The minimum atomic E-state index is 0.137. The van der Waals surface area contributed by atoms with Gasteiger partial charge in [-0.05, 0) is 37.4 Å². The summed E-state index contributed by atoms with van der Waals surface area (Å²) in [5.74, 6) is 0. The first kappa shape index (κ1) is 15.3. The number of piperazine rings is 1. The molecule has 2 N–H and O–H groups in total. The molecule has 0 aliphatic carbocycles. The molecule has 2 saturated heterocycles. The number of hydrogen-bond donors (Lipinski definition) is 1. The van der Waals surface area contributed by atoms with Gasteiger partial charge in [0.2, 0.25) is 0 Å². The Bertz CT molecular complexity index is 479. The topological polar surface area (TPSA) is 32.5 Å². The third-order valence-electron chi connectivity index (χ3n) is 5.11. The number of hydrogen-bond acceptors (Lipinski definition) is 3. The number of fused-ring (bicyclic) bond motifs is 1. The van der Waals surface area contributed by atoms with Crippen molar-refractivity contribution in [2.24, 2.45) is 5.73 Å². The second-order valence-corrected chi connectivity index (χ2v) is 6.77. The van der Waals surface area contributed by atoms with Crippen LogP contribution in [0, 0.1) is 0 Å². The van der Waals surface area contributed by atoms with Gasteiger partial charge in [-0.3, -0.25) is 9.80 Å². The Kier molecular flexibility index (Phi) is 4.85. The van der Waals surface area contributed by atoms with Gasteiger partial charge in [0.1, 0.15) is 0 Å². The van der Waals surface area contributed by atoms with Crippen molar-refractivity contribution in [2.75, 3.05) is 26.2 Å². The van der Waals surface area contributed by atoms with Crippen molar-refractivity contribution >= 4 is 11.6 Å². The Hall–Kier alpha value is -0.610. The van der Waals surface area contributed by atoms with Gasteiger partial charge in [0.25, 0.3) is 0 Å². The van der Waals surface area contributed by atoms with E-state index in [9.17, 15) is 0 Å². The summed E-state index contributed by atoms with van der Waals surface area (Å²) in [6.07, 6.45) is 3.64. The zero-order valence-electron chi connectivity index (χ0n) is 12.8. The zero-order valence-corrected chi connectivity index (χ0v) is 13.6. The van der Waals surface area contributed by atoms with Crippen molar-refractivity contribution in [2.45, 2.75) is 44.3 Å². The van der Waals surface area contributed by atoms with E-state index in [0.29, 0.717) is 6.04 Å². The van der Waals surface area contributed by atoms with E-state index in [1.807, 2.05) is 12.1 Å². The molecule has 0 bridgehead atoms. The molecule has 0 saturated carbocycles. The molecular weight excluding hydrogens is 282 g/mol. The first-order chi connectivity index (χ1) is 10.2. The highest BCUT2D eigenvalue weighted by molar-refractivity contribution is 6.31. The summed E-state index contributed by atoms with van der Waals surface area (Å²) >= 11 is 6.46. The van der Waals surface area contributed by atoms with Crippen LogP contribution in [0.1, 0.15) is 37.8 Å². The van der Waals surface area contributed by atoms with E-state index >= 15 is 0 Å². The molecule has 3 nitrogen and oxygen atoms in total. The molecule has 3 atom stereocenters. The lowest BCUT2D eigenvalue weighted by molar-refractivity contribution is 0.0609. The van der Waals surface area contributed by atoms with Crippen LogP contribution in [0.15, 0.2) is 24.3 Å². The molecule has 21 heavy (non-hydrogen) atoms. The van der Waals surface area contributed by atoms with Crippen LogP contribution in [0.3, 0.4) is 0 Å². The quantitative estimate of drug-likeness (QED) is 0.928. The van der Waals surface area contributed by atoms with Crippen LogP contribution in [0.5, 0.6) is 0 Å². The molecule has 116 valence electrons. The van der Waals surface area contributed by atoms with Crippen LogP contribution in [0.2, 0.25) is 5.02 Å². The van der Waals surface area contributed by atoms with Crippen molar-refractivity contribution < 1.29 is 0 Å². The molecular formula is C17H26ClN3. The monoisotopic (exact) mass is 307 g/mol. The van der Waals surface area contributed by atoms with Crippen LogP contribution in [-0.2, 0) is 0 Å².